The van der Waals surface area contributed by atoms with Crippen LogP contribution in [0.3, 0.4) is 0 Å². The molecule has 1 aliphatic rings. The molecule has 1 aromatic carbocycles. The Hall–Kier alpha value is -1.79. The van der Waals surface area contributed by atoms with Gasteiger partial charge < -0.3 is 9.64 Å². The second-order valence-electron chi connectivity index (χ2n) is 6.29. The van der Waals surface area contributed by atoms with Gasteiger partial charge in [-0.25, -0.2) is 22.4 Å². The van der Waals surface area contributed by atoms with E-state index in [1.807, 2.05) is 0 Å². The minimum Gasteiger partial charge on any atom is -0.444 e. The van der Waals surface area contributed by atoms with Crippen molar-refractivity contribution in [3.63, 3.8) is 0 Å². The smallest absolute Gasteiger partial charge is 0.410 e. The van der Waals surface area contributed by atoms with Gasteiger partial charge in [-0.05, 0) is 27.2 Å². The lowest BCUT2D eigenvalue weighted by molar-refractivity contribution is 0.0292. The van der Waals surface area contributed by atoms with Crippen LogP contribution in [0.1, 0.15) is 38.7 Å². The first-order valence-corrected chi connectivity index (χ1v) is 6.91. The van der Waals surface area contributed by atoms with Crippen molar-refractivity contribution in [1.82, 2.24) is 4.90 Å². The van der Waals surface area contributed by atoms with Gasteiger partial charge in [-0.2, -0.15) is 0 Å². The molecule has 0 unspecified atom stereocenters. The van der Waals surface area contributed by atoms with Crippen LogP contribution < -0.4 is 0 Å². The van der Waals surface area contributed by atoms with Gasteiger partial charge in [-0.1, -0.05) is 0 Å². The van der Waals surface area contributed by atoms with Gasteiger partial charge >= 0.3 is 6.09 Å². The van der Waals surface area contributed by atoms with Gasteiger partial charge in [-0.3, -0.25) is 0 Å². The summed E-state index contributed by atoms with van der Waals surface area (Å²) in [4.78, 5) is 13.2. The third-order valence-electron chi connectivity index (χ3n) is 3.39. The average Bonchev–Trinajstić information content (AvgIpc) is 2.84. The molecule has 1 amide bonds. The molecule has 0 N–H and O–H groups in total. The highest BCUT2D eigenvalue weighted by Crippen LogP contribution is 2.33. The first-order valence-electron chi connectivity index (χ1n) is 6.91. The number of hydrogen-bond donors (Lipinski definition) is 0. The fourth-order valence-corrected chi connectivity index (χ4v) is 2.44. The van der Waals surface area contributed by atoms with E-state index in [-0.39, 0.29) is 25.6 Å². The molecule has 0 aliphatic carbocycles. The van der Waals surface area contributed by atoms with Gasteiger partial charge in [0.05, 0.1) is 0 Å². The molecule has 1 fully saturated rings. The van der Waals surface area contributed by atoms with Crippen LogP contribution in [-0.4, -0.2) is 29.7 Å². The van der Waals surface area contributed by atoms with Gasteiger partial charge in [0.15, 0.2) is 23.3 Å². The number of halogens is 4. The third kappa shape index (κ3) is 3.34. The fraction of sp³-hybridized carbons (Fsp3) is 0.533. The lowest BCUT2D eigenvalue weighted by Gasteiger charge is -2.24. The first kappa shape index (κ1) is 16.6. The predicted molar refractivity (Wildman–Crippen MR) is 71.4 cm³/mol. The second-order valence-corrected chi connectivity index (χ2v) is 6.29. The van der Waals surface area contributed by atoms with Gasteiger partial charge in [0.1, 0.15) is 5.60 Å². The Balaban J connectivity index is 2.19. The predicted octanol–water partition coefficient (Wildman–Crippen LogP) is 3.97. The van der Waals surface area contributed by atoms with E-state index in [0.29, 0.717) is 0 Å². The van der Waals surface area contributed by atoms with Crippen molar-refractivity contribution in [2.24, 2.45) is 0 Å². The summed E-state index contributed by atoms with van der Waals surface area (Å²) < 4.78 is 59.2. The summed E-state index contributed by atoms with van der Waals surface area (Å²) in [5, 5.41) is 0. The molecule has 0 saturated carbocycles. The number of carbonyl (C=O) groups excluding carboxylic acids is 1. The van der Waals surface area contributed by atoms with Crippen molar-refractivity contribution in [1.29, 1.82) is 0 Å². The van der Waals surface area contributed by atoms with E-state index in [0.717, 1.165) is 0 Å². The summed E-state index contributed by atoms with van der Waals surface area (Å²) in [5.74, 6) is -6.50. The molecule has 2 rings (SSSR count). The second kappa shape index (κ2) is 5.78. The van der Waals surface area contributed by atoms with Crippen LogP contribution in [0, 0.1) is 23.3 Å². The summed E-state index contributed by atoms with van der Waals surface area (Å²) in [6, 6.07) is 0.175. The summed E-state index contributed by atoms with van der Waals surface area (Å²) in [6.45, 7) is 5.24. The topological polar surface area (TPSA) is 29.5 Å². The molecular formula is C15H17F4NO2. The van der Waals surface area contributed by atoms with Crippen LogP contribution in [0.2, 0.25) is 0 Å². The maximum Gasteiger partial charge on any atom is 0.410 e. The maximum atomic E-state index is 13.8. The van der Waals surface area contributed by atoms with Gasteiger partial charge in [0.2, 0.25) is 0 Å². The Bertz CT molecular complexity index is 572. The third-order valence-corrected chi connectivity index (χ3v) is 3.39. The molecule has 0 spiro atoms. The Morgan fingerprint density at radius 3 is 2.23 bits per heavy atom. The van der Waals surface area contributed by atoms with Crippen LogP contribution in [0.5, 0.6) is 0 Å². The number of nitrogens with zero attached hydrogens (tertiary/aromatic N) is 1. The molecule has 1 aliphatic heterocycles. The molecule has 1 aromatic rings. The van der Waals surface area contributed by atoms with E-state index in [4.69, 9.17) is 4.74 Å². The molecule has 3 nitrogen and oxygen atoms in total. The van der Waals surface area contributed by atoms with Crippen LogP contribution in [0.4, 0.5) is 22.4 Å². The molecule has 0 radical (unpaired) electrons. The summed E-state index contributed by atoms with van der Waals surface area (Å²) in [6.07, 6.45) is -0.414. The number of likely N-dealkylation sites (tertiary alicyclic amines) is 1. The Kier molecular flexibility index (Phi) is 4.35. The van der Waals surface area contributed by atoms with Crippen molar-refractivity contribution < 1.29 is 27.1 Å². The number of ether oxygens (including phenoxy) is 1. The Labute approximate surface area is 125 Å². The molecule has 1 heterocycles. The monoisotopic (exact) mass is 319 g/mol. The van der Waals surface area contributed by atoms with Crippen LogP contribution >= 0.6 is 0 Å². The molecule has 22 heavy (non-hydrogen) atoms. The number of benzene rings is 1. The highest BCUT2D eigenvalue weighted by Gasteiger charge is 2.35. The first-order chi connectivity index (χ1) is 10.1. The molecule has 1 saturated heterocycles. The maximum absolute atomic E-state index is 13.8. The van der Waals surface area contributed by atoms with E-state index < -0.39 is 46.4 Å². The normalized spacial score (nSPS) is 18.7. The summed E-state index contributed by atoms with van der Waals surface area (Å²) in [7, 11) is 0. The number of hydrogen-bond acceptors (Lipinski definition) is 2. The van der Waals surface area contributed by atoms with Crippen LogP contribution in [0.15, 0.2) is 6.07 Å². The average molecular weight is 319 g/mol. The highest BCUT2D eigenvalue weighted by atomic mass is 19.2. The van der Waals surface area contributed by atoms with Gasteiger partial charge in [-0.15, -0.1) is 0 Å². The van der Waals surface area contributed by atoms with Crippen molar-refractivity contribution >= 4 is 6.09 Å². The Morgan fingerprint density at radius 1 is 1.18 bits per heavy atom. The molecule has 0 bridgehead atoms. The lowest BCUT2D eigenvalue weighted by Crippen LogP contribution is -2.35. The standard InChI is InChI=1S/C15H17F4NO2/c1-15(2,3)22-14(21)20-5-4-8(7-20)11-12(18)9(16)6-10(17)13(11)19/h6,8H,4-5,7H2,1-3H3/t8-/m0/s1. The number of rotatable bonds is 1. The van der Waals surface area contributed by atoms with E-state index in [1.54, 1.807) is 20.8 Å². The van der Waals surface area contributed by atoms with Crippen LogP contribution in [-0.2, 0) is 4.74 Å². The molecule has 0 aromatic heterocycles. The van der Waals surface area contributed by atoms with E-state index in [1.165, 1.54) is 4.90 Å². The Morgan fingerprint density at radius 2 is 1.73 bits per heavy atom. The molecule has 122 valence electrons. The molecule has 7 heteroatoms. The largest absolute Gasteiger partial charge is 0.444 e. The quantitative estimate of drug-likeness (QED) is 0.579. The van der Waals surface area contributed by atoms with Gasteiger partial charge in [0, 0.05) is 30.6 Å². The number of carbonyl (C=O) groups is 1. The minimum atomic E-state index is -1.44. The van der Waals surface area contributed by atoms with E-state index in [9.17, 15) is 22.4 Å². The highest BCUT2D eigenvalue weighted by molar-refractivity contribution is 5.68. The fourth-order valence-electron chi connectivity index (χ4n) is 2.44. The van der Waals surface area contributed by atoms with Crippen molar-refractivity contribution in [2.75, 3.05) is 13.1 Å². The van der Waals surface area contributed by atoms with E-state index >= 15 is 0 Å². The molecular weight excluding hydrogens is 302 g/mol. The van der Waals surface area contributed by atoms with Crippen molar-refractivity contribution in [2.45, 2.75) is 38.7 Å². The summed E-state index contributed by atoms with van der Waals surface area (Å²) >= 11 is 0. The van der Waals surface area contributed by atoms with E-state index in [2.05, 4.69) is 0 Å². The zero-order chi connectivity index (χ0) is 16.7. The lowest BCUT2D eigenvalue weighted by atomic mass is 9.97. The SMILES string of the molecule is CC(C)(C)OC(=O)N1CC[C@H](c2c(F)c(F)cc(F)c2F)C1. The molecule has 1 atom stereocenters. The minimum absolute atomic E-state index is 0.0500. The van der Waals surface area contributed by atoms with Crippen molar-refractivity contribution in [3.8, 4) is 0 Å². The number of amides is 1. The summed E-state index contributed by atoms with van der Waals surface area (Å²) in [5.41, 5.74) is -1.35. The van der Waals surface area contributed by atoms with Gasteiger partial charge in [0.25, 0.3) is 0 Å². The zero-order valence-electron chi connectivity index (χ0n) is 12.6. The van der Waals surface area contributed by atoms with Crippen LogP contribution in [0.25, 0.3) is 0 Å². The zero-order valence-corrected chi connectivity index (χ0v) is 12.6. The van der Waals surface area contributed by atoms with Crippen molar-refractivity contribution in [3.05, 3.63) is 34.9 Å².